The average molecular weight is 492 g/mol. The first kappa shape index (κ1) is 23.9. The molecule has 2 aromatic rings. The number of anilines is 1. The molecule has 2 heterocycles. The van der Waals surface area contributed by atoms with Crippen molar-refractivity contribution in [2.75, 3.05) is 24.2 Å². The van der Waals surface area contributed by atoms with E-state index in [1.165, 1.54) is 20.7 Å². The van der Waals surface area contributed by atoms with E-state index in [4.69, 9.17) is 0 Å². The number of carbonyl (C=O) groups is 1. The summed E-state index contributed by atoms with van der Waals surface area (Å²) < 4.78 is 53.9. The summed E-state index contributed by atoms with van der Waals surface area (Å²) in [6.45, 7) is 2.75. The van der Waals surface area contributed by atoms with Crippen molar-refractivity contribution in [3.63, 3.8) is 0 Å². The number of carbonyl (C=O) groups excluding carboxylic acids is 1. The van der Waals surface area contributed by atoms with Gasteiger partial charge >= 0.3 is 0 Å². The number of nitrogens with one attached hydrogen (secondary N) is 1. The fourth-order valence-electron chi connectivity index (χ4n) is 4.37. The summed E-state index contributed by atoms with van der Waals surface area (Å²) in [6.07, 6.45) is 3.03. The molecule has 4 rings (SSSR count). The molecule has 2 aromatic carbocycles. The van der Waals surface area contributed by atoms with Crippen molar-refractivity contribution in [3.05, 3.63) is 59.7 Å². The molecular formula is C23H29N3O5S2. The van der Waals surface area contributed by atoms with E-state index < -0.39 is 32.0 Å². The van der Waals surface area contributed by atoms with E-state index in [-0.39, 0.29) is 23.6 Å². The van der Waals surface area contributed by atoms with Gasteiger partial charge in [-0.2, -0.15) is 8.61 Å². The molecule has 1 N–H and O–H groups in total. The van der Waals surface area contributed by atoms with Crippen LogP contribution < -0.4 is 5.32 Å². The van der Waals surface area contributed by atoms with Gasteiger partial charge in [0.05, 0.1) is 10.6 Å². The predicted molar refractivity (Wildman–Crippen MR) is 127 cm³/mol. The number of sulfonamides is 2. The quantitative estimate of drug-likeness (QED) is 0.669. The van der Waals surface area contributed by atoms with Gasteiger partial charge < -0.3 is 5.32 Å². The summed E-state index contributed by atoms with van der Waals surface area (Å²) >= 11 is 0. The first-order chi connectivity index (χ1) is 15.7. The van der Waals surface area contributed by atoms with E-state index in [9.17, 15) is 21.6 Å². The third kappa shape index (κ3) is 4.98. The summed E-state index contributed by atoms with van der Waals surface area (Å²) in [7, 11) is -7.16. The number of fused-ring (bicyclic) bond motifs is 1. The molecule has 0 bridgehead atoms. The monoisotopic (exact) mass is 491 g/mol. The molecule has 1 fully saturated rings. The van der Waals surface area contributed by atoms with Crippen LogP contribution in [0.25, 0.3) is 0 Å². The first-order valence-electron chi connectivity index (χ1n) is 11.2. The second-order valence-corrected chi connectivity index (χ2v) is 12.6. The smallest absolute Gasteiger partial charge is 0.243 e. The van der Waals surface area contributed by atoms with E-state index in [0.29, 0.717) is 18.8 Å². The van der Waals surface area contributed by atoms with Crippen molar-refractivity contribution < 1.29 is 21.6 Å². The molecule has 10 heteroatoms. The van der Waals surface area contributed by atoms with Crippen LogP contribution in [0.1, 0.15) is 37.3 Å². The number of nitrogens with zero attached hydrogens (tertiary/aromatic N) is 2. The number of hydrogen-bond acceptors (Lipinski definition) is 5. The molecule has 0 aliphatic carbocycles. The Morgan fingerprint density at radius 1 is 0.939 bits per heavy atom. The third-order valence-electron chi connectivity index (χ3n) is 6.30. The molecular weight excluding hydrogens is 462 g/mol. The summed E-state index contributed by atoms with van der Waals surface area (Å²) in [5, 5.41) is 2.77. The number of amides is 1. The van der Waals surface area contributed by atoms with Gasteiger partial charge in [0.2, 0.25) is 26.0 Å². The maximum absolute atomic E-state index is 13.1. The highest BCUT2D eigenvalue weighted by molar-refractivity contribution is 7.89. The fraction of sp³-hybridized carbons (Fsp3) is 0.435. The van der Waals surface area contributed by atoms with Gasteiger partial charge in [0.1, 0.15) is 6.04 Å². The molecule has 0 unspecified atom stereocenters. The molecule has 8 nitrogen and oxygen atoms in total. The van der Waals surface area contributed by atoms with Crippen LogP contribution in [-0.4, -0.2) is 56.2 Å². The summed E-state index contributed by atoms with van der Waals surface area (Å²) in [5.74, 6) is -0.532. The minimum atomic E-state index is -3.60. The Kier molecular flexibility index (Phi) is 6.90. The molecule has 0 radical (unpaired) electrons. The molecule has 2 aliphatic rings. The van der Waals surface area contributed by atoms with Gasteiger partial charge in [0.25, 0.3) is 0 Å². The second-order valence-electron chi connectivity index (χ2n) is 8.41. The van der Waals surface area contributed by atoms with Crippen molar-refractivity contribution >= 4 is 31.6 Å². The largest absolute Gasteiger partial charge is 0.325 e. The van der Waals surface area contributed by atoms with E-state index in [2.05, 4.69) is 5.32 Å². The minimum absolute atomic E-state index is 0.0952. The Balaban J connectivity index is 1.53. The Labute approximate surface area is 195 Å². The van der Waals surface area contributed by atoms with Crippen LogP contribution in [0.2, 0.25) is 0 Å². The topological polar surface area (TPSA) is 104 Å². The van der Waals surface area contributed by atoms with Crippen LogP contribution in [0.15, 0.2) is 53.4 Å². The van der Waals surface area contributed by atoms with Crippen LogP contribution >= 0.6 is 0 Å². The lowest BCUT2D eigenvalue weighted by atomic mass is 9.95. The van der Waals surface area contributed by atoms with Crippen LogP contribution in [0, 0.1) is 0 Å². The molecule has 1 saturated heterocycles. The highest BCUT2D eigenvalue weighted by Gasteiger charge is 2.38. The van der Waals surface area contributed by atoms with Crippen LogP contribution in [0.3, 0.4) is 0 Å². The van der Waals surface area contributed by atoms with Gasteiger partial charge in [-0.1, -0.05) is 30.7 Å². The van der Waals surface area contributed by atoms with Crippen molar-refractivity contribution in [2.24, 2.45) is 0 Å². The van der Waals surface area contributed by atoms with Crippen molar-refractivity contribution in [1.82, 2.24) is 8.61 Å². The minimum Gasteiger partial charge on any atom is -0.325 e. The Morgan fingerprint density at radius 2 is 1.58 bits per heavy atom. The lowest BCUT2D eigenvalue weighted by Crippen LogP contribution is -2.51. The lowest BCUT2D eigenvalue weighted by molar-refractivity contribution is -0.120. The van der Waals surface area contributed by atoms with Gasteiger partial charge in [-0.25, -0.2) is 16.8 Å². The fourth-order valence-corrected chi connectivity index (χ4v) is 7.11. The lowest BCUT2D eigenvalue weighted by Gasteiger charge is -2.34. The van der Waals surface area contributed by atoms with E-state index in [1.54, 1.807) is 19.1 Å². The van der Waals surface area contributed by atoms with Crippen molar-refractivity contribution in [1.29, 1.82) is 0 Å². The SMILES string of the molecule is CCS(=O)(=O)N1Cc2ccccc2C[C@@H]1C(=O)Nc1ccc(S(=O)(=O)N2CCCCC2)cc1. The van der Waals surface area contributed by atoms with Gasteiger partial charge in [-0.05, 0) is 61.6 Å². The Morgan fingerprint density at radius 3 is 2.21 bits per heavy atom. The summed E-state index contributed by atoms with van der Waals surface area (Å²) in [6, 6.07) is 12.7. The number of benzene rings is 2. The zero-order valence-corrected chi connectivity index (χ0v) is 20.2. The van der Waals surface area contributed by atoms with Crippen LogP contribution in [0.4, 0.5) is 5.69 Å². The molecule has 0 spiro atoms. The van der Waals surface area contributed by atoms with E-state index >= 15 is 0 Å². The molecule has 1 atom stereocenters. The van der Waals surface area contributed by atoms with Crippen molar-refractivity contribution in [3.8, 4) is 0 Å². The third-order valence-corrected chi connectivity index (χ3v) is 10.0. The predicted octanol–water partition coefficient (Wildman–Crippen LogP) is 2.58. The van der Waals surface area contributed by atoms with Gasteiger partial charge in [0.15, 0.2) is 0 Å². The van der Waals surface area contributed by atoms with E-state index in [0.717, 1.165) is 30.4 Å². The molecule has 1 amide bonds. The van der Waals surface area contributed by atoms with Crippen LogP contribution in [0.5, 0.6) is 0 Å². The molecule has 178 valence electrons. The maximum Gasteiger partial charge on any atom is 0.243 e. The molecule has 0 saturated carbocycles. The van der Waals surface area contributed by atoms with E-state index in [1.807, 2.05) is 24.3 Å². The number of hydrogen-bond donors (Lipinski definition) is 1. The first-order valence-corrected chi connectivity index (χ1v) is 14.2. The van der Waals surface area contributed by atoms with Gasteiger partial charge in [0, 0.05) is 25.3 Å². The normalized spacial score (nSPS) is 20.2. The molecule has 0 aromatic heterocycles. The van der Waals surface area contributed by atoms with Crippen molar-refractivity contribution in [2.45, 2.75) is 50.1 Å². The van der Waals surface area contributed by atoms with Crippen LogP contribution in [-0.2, 0) is 37.8 Å². The Bertz CT molecular complexity index is 1220. The zero-order valence-electron chi connectivity index (χ0n) is 18.6. The highest BCUT2D eigenvalue weighted by atomic mass is 32.2. The zero-order chi connectivity index (χ0) is 23.6. The maximum atomic E-state index is 13.1. The van der Waals surface area contributed by atoms with Gasteiger partial charge in [-0.15, -0.1) is 0 Å². The van der Waals surface area contributed by atoms with Gasteiger partial charge in [-0.3, -0.25) is 4.79 Å². The Hall–Kier alpha value is -2.27. The molecule has 33 heavy (non-hydrogen) atoms. The standard InChI is InChI=1S/C23H29N3O5S2/c1-2-32(28,29)26-17-19-9-5-4-8-18(19)16-22(26)23(27)24-20-10-12-21(13-11-20)33(30,31)25-14-6-3-7-15-25/h4-5,8-13,22H,2-3,6-7,14-17H2,1H3,(H,24,27)/t22-/m1/s1. The summed E-state index contributed by atoms with van der Waals surface area (Å²) in [4.78, 5) is 13.3. The highest BCUT2D eigenvalue weighted by Crippen LogP contribution is 2.27. The number of piperidine rings is 1. The molecule has 2 aliphatic heterocycles. The summed E-state index contributed by atoms with van der Waals surface area (Å²) in [5.41, 5.74) is 2.26. The number of rotatable bonds is 6. The average Bonchev–Trinajstić information content (AvgIpc) is 2.84. The second kappa shape index (κ2) is 9.54.